The second kappa shape index (κ2) is 7.80. The molecule has 34 heavy (non-hydrogen) atoms. The summed E-state index contributed by atoms with van der Waals surface area (Å²) in [4.78, 5) is 16.7. The highest BCUT2D eigenvalue weighted by atomic mass is 32.1. The zero-order valence-electron chi connectivity index (χ0n) is 19.1. The first-order valence-corrected chi connectivity index (χ1v) is 12.9. The van der Waals surface area contributed by atoms with Gasteiger partial charge in [0, 0.05) is 30.1 Å². The molecular weight excluding hydrogens is 440 g/mol. The van der Waals surface area contributed by atoms with Crippen LogP contribution in [0.5, 0.6) is 0 Å². The van der Waals surface area contributed by atoms with E-state index in [9.17, 15) is 0 Å². The summed E-state index contributed by atoms with van der Waals surface area (Å²) in [5.74, 6) is 1.30. The first-order chi connectivity index (χ1) is 16.7. The zero-order valence-corrected chi connectivity index (χ0v) is 20.0. The van der Waals surface area contributed by atoms with Gasteiger partial charge in [-0.1, -0.05) is 24.3 Å². The number of aryl methyl sites for hydroxylation is 1. The summed E-state index contributed by atoms with van der Waals surface area (Å²) in [7, 11) is 0. The molecule has 7 rings (SSSR count). The van der Waals surface area contributed by atoms with Crippen molar-refractivity contribution < 1.29 is 0 Å². The largest absolute Gasteiger partial charge is 0.321 e. The van der Waals surface area contributed by atoms with Crippen molar-refractivity contribution in [2.75, 3.05) is 11.4 Å². The van der Waals surface area contributed by atoms with Gasteiger partial charge in [-0.2, -0.15) is 17.7 Å². The van der Waals surface area contributed by atoms with Gasteiger partial charge in [-0.25, -0.2) is 9.97 Å². The van der Waals surface area contributed by atoms with E-state index in [4.69, 9.17) is 22.6 Å². The lowest BCUT2D eigenvalue weighted by Crippen LogP contribution is -2.29. The zero-order chi connectivity index (χ0) is 22.7. The number of aromatic nitrogens is 5. The van der Waals surface area contributed by atoms with Gasteiger partial charge >= 0.3 is 0 Å². The number of anilines is 2. The van der Waals surface area contributed by atoms with Crippen molar-refractivity contribution >= 4 is 35.3 Å². The highest BCUT2D eigenvalue weighted by molar-refractivity contribution is 7.80. The molecule has 6 nitrogen and oxygen atoms in total. The molecule has 1 fully saturated rings. The van der Waals surface area contributed by atoms with Crippen LogP contribution in [0.4, 0.5) is 11.5 Å². The highest BCUT2D eigenvalue weighted by Crippen LogP contribution is 2.58. The van der Waals surface area contributed by atoms with Gasteiger partial charge in [0.25, 0.3) is 0 Å². The van der Waals surface area contributed by atoms with Crippen LogP contribution in [0, 0.1) is 5.41 Å². The standard InChI is InChI=1S/C27H28N6S/c34-24-19-6-2-1-5-18(19)15-27(24)11-9-17(10-12-27)21-16-29-23-25(30-21)31-32-26(23)33-14-4-7-20-22(33)8-3-13-28-20/h1-3,5-6,8,13,16-17,24,34H,4,7,9-12,14-15H2,(H,30,31,32)/t17-,24?,27+. The van der Waals surface area contributed by atoms with Crippen molar-refractivity contribution in [2.24, 2.45) is 5.41 Å². The summed E-state index contributed by atoms with van der Waals surface area (Å²) in [6.45, 7) is 0.917. The Balaban J connectivity index is 1.13. The minimum absolute atomic E-state index is 0.289. The summed E-state index contributed by atoms with van der Waals surface area (Å²) in [6, 6.07) is 13.0. The van der Waals surface area contributed by atoms with E-state index in [0.29, 0.717) is 11.2 Å². The van der Waals surface area contributed by atoms with E-state index in [1.807, 2.05) is 18.5 Å². The molecule has 0 saturated heterocycles. The molecule has 0 radical (unpaired) electrons. The maximum Gasteiger partial charge on any atom is 0.183 e. The molecule has 4 heterocycles. The van der Waals surface area contributed by atoms with Crippen molar-refractivity contribution in [3.05, 3.63) is 71.3 Å². The Labute approximate surface area is 204 Å². The second-order valence-electron chi connectivity index (χ2n) is 10.2. The normalized spacial score (nSPS) is 26.1. The van der Waals surface area contributed by atoms with Gasteiger partial charge in [-0.3, -0.25) is 10.1 Å². The van der Waals surface area contributed by atoms with Crippen molar-refractivity contribution in [1.29, 1.82) is 0 Å². The van der Waals surface area contributed by atoms with Gasteiger partial charge in [0.15, 0.2) is 17.0 Å². The smallest absolute Gasteiger partial charge is 0.183 e. The number of thiol groups is 1. The number of nitrogens with one attached hydrogen (secondary N) is 1. The van der Waals surface area contributed by atoms with E-state index in [1.54, 1.807) is 0 Å². The number of fused-ring (bicyclic) bond motifs is 3. The number of pyridine rings is 1. The van der Waals surface area contributed by atoms with E-state index >= 15 is 0 Å². The third-order valence-corrected chi connectivity index (χ3v) is 9.18. The van der Waals surface area contributed by atoms with E-state index < -0.39 is 0 Å². The Kier molecular flexibility index (Phi) is 4.69. The van der Waals surface area contributed by atoms with Crippen molar-refractivity contribution in [3.63, 3.8) is 0 Å². The fraction of sp³-hybridized carbons (Fsp3) is 0.407. The maximum atomic E-state index is 5.09. The molecule has 3 aliphatic rings. The lowest BCUT2D eigenvalue weighted by atomic mass is 9.68. The quantitative estimate of drug-likeness (QED) is 0.369. The Morgan fingerprint density at radius 1 is 1.06 bits per heavy atom. The summed E-state index contributed by atoms with van der Waals surface area (Å²) < 4.78 is 0. The summed E-state index contributed by atoms with van der Waals surface area (Å²) in [5, 5.41) is 8.14. The average molecular weight is 469 g/mol. The van der Waals surface area contributed by atoms with Crippen LogP contribution in [0.1, 0.15) is 65.8 Å². The maximum absolute atomic E-state index is 5.09. The minimum Gasteiger partial charge on any atom is -0.321 e. The molecular formula is C27H28N6S. The number of benzene rings is 1. The molecule has 4 aromatic rings. The molecule has 1 saturated carbocycles. The van der Waals surface area contributed by atoms with Crippen LogP contribution in [-0.2, 0) is 12.8 Å². The van der Waals surface area contributed by atoms with E-state index in [-0.39, 0.29) is 5.41 Å². The second-order valence-corrected chi connectivity index (χ2v) is 10.7. The molecule has 1 atom stereocenters. The van der Waals surface area contributed by atoms with Crippen LogP contribution in [0.25, 0.3) is 11.2 Å². The number of hydrogen-bond donors (Lipinski definition) is 2. The molecule has 1 spiro atoms. The summed E-state index contributed by atoms with van der Waals surface area (Å²) >= 11 is 5.09. The lowest BCUT2D eigenvalue weighted by Gasteiger charge is -2.40. The molecule has 3 aromatic heterocycles. The molecule has 0 bridgehead atoms. The number of H-pyrrole nitrogens is 1. The van der Waals surface area contributed by atoms with Gasteiger partial charge in [-0.15, -0.1) is 0 Å². The van der Waals surface area contributed by atoms with Gasteiger partial charge in [0.05, 0.1) is 17.1 Å². The fourth-order valence-electron chi connectivity index (χ4n) is 6.51. The van der Waals surface area contributed by atoms with Crippen molar-refractivity contribution in [3.8, 4) is 0 Å². The number of hydrogen-bond acceptors (Lipinski definition) is 6. The van der Waals surface area contributed by atoms with Gasteiger partial charge in [-0.05, 0) is 73.6 Å². The van der Waals surface area contributed by atoms with Crippen molar-refractivity contribution in [2.45, 2.75) is 56.1 Å². The first kappa shape index (κ1) is 20.4. The highest BCUT2D eigenvalue weighted by Gasteiger charge is 2.46. The fourth-order valence-corrected chi connectivity index (χ4v) is 7.11. The molecule has 7 heteroatoms. The third-order valence-electron chi connectivity index (χ3n) is 8.35. The topological polar surface area (TPSA) is 70.6 Å². The Bertz CT molecular complexity index is 1370. The molecule has 1 N–H and O–H groups in total. The molecule has 1 aromatic carbocycles. The summed E-state index contributed by atoms with van der Waals surface area (Å²) in [6.07, 6.45) is 11.7. The lowest BCUT2D eigenvalue weighted by molar-refractivity contribution is 0.182. The number of aromatic amines is 1. The van der Waals surface area contributed by atoms with Crippen LogP contribution < -0.4 is 4.90 Å². The Hall–Kier alpha value is -2.93. The van der Waals surface area contributed by atoms with Crippen LogP contribution in [0.2, 0.25) is 0 Å². The monoisotopic (exact) mass is 468 g/mol. The molecule has 1 aliphatic heterocycles. The average Bonchev–Trinajstić information content (AvgIpc) is 3.43. The van der Waals surface area contributed by atoms with Gasteiger partial charge < -0.3 is 4.90 Å². The summed E-state index contributed by atoms with van der Waals surface area (Å²) in [5.41, 5.74) is 8.18. The van der Waals surface area contributed by atoms with Crippen molar-refractivity contribution in [1.82, 2.24) is 25.1 Å². The predicted molar refractivity (Wildman–Crippen MR) is 137 cm³/mol. The van der Waals surface area contributed by atoms with Crippen LogP contribution in [0.3, 0.4) is 0 Å². The van der Waals surface area contributed by atoms with E-state index in [2.05, 4.69) is 50.4 Å². The molecule has 0 amide bonds. The van der Waals surface area contributed by atoms with Gasteiger partial charge in [0.2, 0.25) is 0 Å². The predicted octanol–water partition coefficient (Wildman–Crippen LogP) is 5.70. The molecule has 2 aliphatic carbocycles. The molecule has 1 unspecified atom stereocenters. The number of nitrogens with zero attached hydrogens (tertiary/aromatic N) is 5. The van der Waals surface area contributed by atoms with Crippen LogP contribution >= 0.6 is 12.6 Å². The van der Waals surface area contributed by atoms with Gasteiger partial charge in [0.1, 0.15) is 0 Å². The van der Waals surface area contributed by atoms with E-state index in [0.717, 1.165) is 72.7 Å². The third kappa shape index (κ3) is 3.09. The molecule has 172 valence electrons. The minimum atomic E-state index is 0.289. The Morgan fingerprint density at radius 3 is 2.82 bits per heavy atom. The van der Waals surface area contributed by atoms with Crippen LogP contribution in [-0.4, -0.2) is 31.7 Å². The number of rotatable bonds is 2. The SMILES string of the molecule is SC1c2ccccc2C[C@]12CC[C@H](c1cnc3c(N4CCCc5ncccc54)n[nH]c3n1)CC2. The Morgan fingerprint density at radius 2 is 1.94 bits per heavy atom. The van der Waals surface area contributed by atoms with Crippen LogP contribution in [0.15, 0.2) is 48.8 Å². The first-order valence-electron chi connectivity index (χ1n) is 12.4. The van der Waals surface area contributed by atoms with E-state index in [1.165, 1.54) is 24.0 Å².